The summed E-state index contributed by atoms with van der Waals surface area (Å²) in [5, 5.41) is 2.55. The summed E-state index contributed by atoms with van der Waals surface area (Å²) >= 11 is 0. The van der Waals surface area contributed by atoms with Crippen molar-refractivity contribution in [2.75, 3.05) is 11.3 Å². The van der Waals surface area contributed by atoms with Gasteiger partial charge in [0.2, 0.25) is 0 Å². The predicted molar refractivity (Wildman–Crippen MR) is 117 cm³/mol. The molecule has 3 aromatic rings. The van der Waals surface area contributed by atoms with Crippen molar-refractivity contribution in [3.8, 4) is 0 Å². The van der Waals surface area contributed by atoms with Gasteiger partial charge in [-0.15, -0.1) is 0 Å². The number of ether oxygens (including phenoxy) is 1. The monoisotopic (exact) mass is 456 g/mol. The van der Waals surface area contributed by atoms with Gasteiger partial charge in [0.05, 0.1) is 10.5 Å². The minimum atomic E-state index is -3.92. The average molecular weight is 456 g/mol. The molecule has 3 rings (SSSR count). The van der Waals surface area contributed by atoms with Crippen LogP contribution in [0.4, 0.5) is 10.1 Å². The number of rotatable bonds is 8. The standard InChI is InChI=1S/C23H21FN2O5S/c1-16-4-2-6-20(12-16)26-32(29,30)21-7-3-5-18(13-21)23(28)31-15-22(27)25-14-17-8-10-19(24)11-9-17/h2-13,26H,14-15H2,1H3,(H,25,27). The van der Waals surface area contributed by atoms with Crippen LogP contribution in [0.15, 0.2) is 77.7 Å². The number of hydrogen-bond donors (Lipinski definition) is 2. The van der Waals surface area contributed by atoms with Crippen LogP contribution in [-0.2, 0) is 26.1 Å². The van der Waals surface area contributed by atoms with Crippen LogP contribution < -0.4 is 10.0 Å². The Hall–Kier alpha value is -3.72. The van der Waals surface area contributed by atoms with Crippen LogP contribution in [0.2, 0.25) is 0 Å². The number of sulfonamides is 1. The van der Waals surface area contributed by atoms with Crippen molar-refractivity contribution in [2.24, 2.45) is 0 Å². The molecular formula is C23H21FN2O5S. The first-order valence-corrected chi connectivity index (χ1v) is 11.1. The maximum atomic E-state index is 12.9. The zero-order valence-electron chi connectivity index (χ0n) is 17.2. The lowest BCUT2D eigenvalue weighted by Gasteiger charge is -2.10. The highest BCUT2D eigenvalue weighted by atomic mass is 32.2. The molecule has 1 amide bonds. The molecule has 7 nitrogen and oxygen atoms in total. The molecule has 0 aliphatic rings. The van der Waals surface area contributed by atoms with Crippen LogP contribution in [0.25, 0.3) is 0 Å². The number of esters is 1. The normalized spacial score (nSPS) is 10.9. The maximum absolute atomic E-state index is 12.9. The van der Waals surface area contributed by atoms with Gasteiger partial charge in [-0.2, -0.15) is 0 Å². The van der Waals surface area contributed by atoms with Crippen molar-refractivity contribution in [1.29, 1.82) is 0 Å². The lowest BCUT2D eigenvalue weighted by Crippen LogP contribution is -2.28. The molecule has 3 aromatic carbocycles. The topological polar surface area (TPSA) is 102 Å². The molecule has 0 saturated carbocycles. The molecule has 0 saturated heterocycles. The molecule has 2 N–H and O–H groups in total. The Morgan fingerprint density at radius 3 is 2.41 bits per heavy atom. The van der Waals surface area contributed by atoms with E-state index in [2.05, 4.69) is 10.0 Å². The van der Waals surface area contributed by atoms with E-state index in [0.29, 0.717) is 11.3 Å². The van der Waals surface area contributed by atoms with Gasteiger partial charge in [-0.05, 0) is 60.5 Å². The maximum Gasteiger partial charge on any atom is 0.338 e. The van der Waals surface area contributed by atoms with E-state index in [-0.39, 0.29) is 22.8 Å². The molecule has 0 aliphatic carbocycles. The van der Waals surface area contributed by atoms with Gasteiger partial charge in [-0.3, -0.25) is 9.52 Å². The number of carbonyl (C=O) groups is 2. The Labute approximate surface area is 185 Å². The van der Waals surface area contributed by atoms with E-state index in [1.54, 1.807) is 18.2 Å². The smallest absolute Gasteiger partial charge is 0.338 e. The van der Waals surface area contributed by atoms with Crippen LogP contribution in [-0.4, -0.2) is 26.9 Å². The summed E-state index contributed by atoms with van der Waals surface area (Å²) in [4.78, 5) is 24.1. The van der Waals surface area contributed by atoms with E-state index in [1.807, 2.05) is 13.0 Å². The van der Waals surface area contributed by atoms with Crippen molar-refractivity contribution in [2.45, 2.75) is 18.4 Å². The highest BCUT2D eigenvalue weighted by Gasteiger charge is 2.18. The van der Waals surface area contributed by atoms with E-state index in [1.165, 1.54) is 48.5 Å². The number of halogens is 1. The van der Waals surface area contributed by atoms with Crippen molar-refractivity contribution in [3.63, 3.8) is 0 Å². The van der Waals surface area contributed by atoms with Crippen molar-refractivity contribution in [1.82, 2.24) is 5.32 Å². The lowest BCUT2D eigenvalue weighted by molar-refractivity contribution is -0.124. The second kappa shape index (κ2) is 10.1. The largest absolute Gasteiger partial charge is 0.452 e. The molecule has 0 spiro atoms. The van der Waals surface area contributed by atoms with Gasteiger partial charge in [0.1, 0.15) is 5.82 Å². The minimum absolute atomic E-state index is 0.0107. The van der Waals surface area contributed by atoms with E-state index in [4.69, 9.17) is 4.74 Å². The second-order valence-electron chi connectivity index (χ2n) is 6.98. The molecule has 0 fully saturated rings. The fraction of sp³-hybridized carbons (Fsp3) is 0.130. The average Bonchev–Trinajstić information content (AvgIpc) is 2.77. The lowest BCUT2D eigenvalue weighted by atomic mass is 10.2. The summed E-state index contributed by atoms with van der Waals surface area (Å²) in [5.74, 6) is -1.77. The molecule has 0 aliphatic heterocycles. The zero-order valence-corrected chi connectivity index (χ0v) is 18.0. The zero-order chi connectivity index (χ0) is 23.1. The summed E-state index contributed by atoms with van der Waals surface area (Å²) in [6.45, 7) is 1.44. The van der Waals surface area contributed by atoms with Crippen LogP contribution >= 0.6 is 0 Å². The van der Waals surface area contributed by atoms with E-state index >= 15 is 0 Å². The van der Waals surface area contributed by atoms with Gasteiger partial charge in [0.15, 0.2) is 6.61 Å². The third-order valence-electron chi connectivity index (χ3n) is 4.39. The minimum Gasteiger partial charge on any atom is -0.452 e. The fourth-order valence-electron chi connectivity index (χ4n) is 2.78. The fourth-order valence-corrected chi connectivity index (χ4v) is 3.88. The number of benzene rings is 3. The van der Waals surface area contributed by atoms with E-state index in [9.17, 15) is 22.4 Å². The predicted octanol–water partition coefficient (Wildman–Crippen LogP) is 3.41. The van der Waals surface area contributed by atoms with Gasteiger partial charge in [-0.25, -0.2) is 17.6 Å². The first-order valence-electron chi connectivity index (χ1n) is 9.61. The molecule has 166 valence electrons. The molecule has 0 atom stereocenters. The number of hydrogen-bond acceptors (Lipinski definition) is 5. The molecule has 9 heteroatoms. The molecule has 0 unspecified atom stereocenters. The van der Waals surface area contributed by atoms with Crippen LogP contribution in [0.5, 0.6) is 0 Å². The first kappa shape index (κ1) is 23.0. The Kier molecular flexibility index (Phi) is 7.21. The summed E-state index contributed by atoms with van der Waals surface area (Å²) in [6.07, 6.45) is 0. The van der Waals surface area contributed by atoms with Gasteiger partial charge < -0.3 is 10.1 Å². The molecule has 0 aromatic heterocycles. The summed E-state index contributed by atoms with van der Waals surface area (Å²) < 4.78 is 45.6. The third kappa shape index (κ3) is 6.39. The van der Waals surface area contributed by atoms with E-state index < -0.39 is 28.5 Å². The summed E-state index contributed by atoms with van der Waals surface area (Å²) in [7, 11) is -3.92. The Morgan fingerprint density at radius 1 is 0.969 bits per heavy atom. The SMILES string of the molecule is Cc1cccc(NS(=O)(=O)c2cccc(C(=O)OCC(=O)NCc3ccc(F)cc3)c2)c1. The van der Waals surface area contributed by atoms with Gasteiger partial charge in [0, 0.05) is 12.2 Å². The van der Waals surface area contributed by atoms with Gasteiger partial charge >= 0.3 is 5.97 Å². The number of anilines is 1. The van der Waals surface area contributed by atoms with Gasteiger partial charge in [-0.1, -0.05) is 30.3 Å². The number of nitrogens with one attached hydrogen (secondary N) is 2. The van der Waals surface area contributed by atoms with E-state index in [0.717, 1.165) is 5.56 Å². The highest BCUT2D eigenvalue weighted by molar-refractivity contribution is 7.92. The second-order valence-corrected chi connectivity index (χ2v) is 8.66. The summed E-state index contributed by atoms with van der Waals surface area (Å²) in [6, 6.07) is 17.8. The number of amides is 1. The molecule has 32 heavy (non-hydrogen) atoms. The quantitative estimate of drug-likeness (QED) is 0.506. The molecular weight excluding hydrogens is 435 g/mol. The van der Waals surface area contributed by atoms with Crippen LogP contribution in [0, 0.1) is 12.7 Å². The van der Waals surface area contributed by atoms with Gasteiger partial charge in [0.25, 0.3) is 15.9 Å². The number of carbonyl (C=O) groups excluding carboxylic acids is 2. The molecule has 0 heterocycles. The first-order chi connectivity index (χ1) is 15.2. The van der Waals surface area contributed by atoms with Crippen molar-refractivity contribution >= 4 is 27.6 Å². The molecule has 0 bridgehead atoms. The summed E-state index contributed by atoms with van der Waals surface area (Å²) in [5.41, 5.74) is 1.96. The Balaban J connectivity index is 1.58. The number of aryl methyl sites for hydroxylation is 1. The highest BCUT2D eigenvalue weighted by Crippen LogP contribution is 2.18. The Bertz CT molecular complexity index is 1230. The van der Waals surface area contributed by atoms with Crippen molar-refractivity contribution in [3.05, 3.63) is 95.3 Å². The van der Waals surface area contributed by atoms with Crippen LogP contribution in [0.1, 0.15) is 21.5 Å². The molecule has 0 radical (unpaired) electrons. The van der Waals surface area contributed by atoms with Crippen molar-refractivity contribution < 1.29 is 27.1 Å². The van der Waals surface area contributed by atoms with Crippen LogP contribution in [0.3, 0.4) is 0 Å². The Morgan fingerprint density at radius 2 is 1.69 bits per heavy atom. The third-order valence-corrected chi connectivity index (χ3v) is 5.77.